The highest BCUT2D eigenvalue weighted by Gasteiger charge is 2.25. The molecule has 0 atom stereocenters. The molecule has 1 aromatic carbocycles. The number of pyridine rings is 1. The second-order valence-corrected chi connectivity index (χ2v) is 6.14. The number of aromatic amines is 1. The van der Waals surface area contributed by atoms with Crippen LogP contribution in [0, 0.1) is 6.92 Å². The van der Waals surface area contributed by atoms with Gasteiger partial charge >= 0.3 is 0 Å². The molecule has 4 rings (SSSR count). The highest BCUT2D eigenvalue weighted by Crippen LogP contribution is 2.23. The van der Waals surface area contributed by atoms with Crippen LogP contribution < -0.4 is 4.90 Å². The monoisotopic (exact) mass is 320 g/mol. The number of piperazine rings is 1. The Bertz CT molecular complexity index is 863. The van der Waals surface area contributed by atoms with Crippen molar-refractivity contribution in [3.05, 3.63) is 59.9 Å². The molecule has 24 heavy (non-hydrogen) atoms. The van der Waals surface area contributed by atoms with Gasteiger partial charge in [-0.25, -0.2) is 4.98 Å². The third-order valence-corrected chi connectivity index (χ3v) is 4.72. The molecule has 0 unspecified atom stereocenters. The zero-order valence-corrected chi connectivity index (χ0v) is 13.7. The highest BCUT2D eigenvalue weighted by molar-refractivity contribution is 6.00. The van der Waals surface area contributed by atoms with Crippen LogP contribution >= 0.6 is 0 Å². The van der Waals surface area contributed by atoms with Gasteiger partial charge in [0.1, 0.15) is 11.5 Å². The molecule has 0 aliphatic carbocycles. The number of aryl methyl sites for hydroxylation is 1. The largest absolute Gasteiger partial charge is 0.353 e. The molecule has 0 saturated carbocycles. The second-order valence-electron chi connectivity index (χ2n) is 6.14. The lowest BCUT2D eigenvalue weighted by molar-refractivity contribution is 0.0741. The number of fused-ring (bicyclic) bond motifs is 1. The number of anilines is 1. The molecule has 122 valence electrons. The van der Waals surface area contributed by atoms with Gasteiger partial charge < -0.3 is 14.8 Å². The molecule has 0 spiro atoms. The zero-order valence-electron chi connectivity index (χ0n) is 13.7. The molecule has 2 aromatic heterocycles. The smallest absolute Gasteiger partial charge is 0.270 e. The van der Waals surface area contributed by atoms with E-state index < -0.39 is 0 Å². The molecule has 0 bridgehead atoms. The Balaban J connectivity index is 1.51. The predicted molar refractivity (Wildman–Crippen MR) is 95.4 cm³/mol. The summed E-state index contributed by atoms with van der Waals surface area (Å²) in [5, 5.41) is 1.12. The number of nitrogens with one attached hydrogen (secondary N) is 1. The van der Waals surface area contributed by atoms with Crippen LogP contribution in [0.4, 0.5) is 5.82 Å². The maximum atomic E-state index is 12.9. The van der Waals surface area contributed by atoms with Gasteiger partial charge in [0.15, 0.2) is 0 Å². The molecule has 3 aromatic rings. The number of hydrogen-bond acceptors (Lipinski definition) is 3. The molecule has 3 heterocycles. The predicted octanol–water partition coefficient (Wildman–Crippen LogP) is 2.83. The summed E-state index contributed by atoms with van der Waals surface area (Å²) in [6.45, 7) is 5.05. The van der Waals surface area contributed by atoms with Crippen LogP contribution in [0.25, 0.3) is 10.9 Å². The summed E-state index contributed by atoms with van der Waals surface area (Å²) in [6.07, 6.45) is 1.81. The molecule has 1 aliphatic heterocycles. The summed E-state index contributed by atoms with van der Waals surface area (Å²) >= 11 is 0. The van der Waals surface area contributed by atoms with Crippen LogP contribution in [0.3, 0.4) is 0 Å². The lowest BCUT2D eigenvalue weighted by atomic mass is 10.1. The fraction of sp³-hybridized carbons (Fsp3) is 0.263. The number of hydrogen-bond donors (Lipinski definition) is 1. The van der Waals surface area contributed by atoms with E-state index in [0.717, 1.165) is 35.4 Å². The fourth-order valence-electron chi connectivity index (χ4n) is 3.33. The van der Waals surface area contributed by atoms with Gasteiger partial charge in [-0.2, -0.15) is 0 Å². The summed E-state index contributed by atoms with van der Waals surface area (Å²) in [5.74, 6) is 1.07. The Morgan fingerprint density at radius 2 is 1.79 bits per heavy atom. The highest BCUT2D eigenvalue weighted by atomic mass is 16.2. The molecular formula is C19H20N4O. The van der Waals surface area contributed by atoms with Crippen LogP contribution in [0.15, 0.2) is 48.7 Å². The van der Waals surface area contributed by atoms with Crippen LogP contribution in [-0.4, -0.2) is 47.0 Å². The van der Waals surface area contributed by atoms with Crippen molar-refractivity contribution in [2.24, 2.45) is 0 Å². The quantitative estimate of drug-likeness (QED) is 0.790. The molecule has 5 heteroatoms. The number of aromatic nitrogens is 2. The van der Waals surface area contributed by atoms with E-state index in [1.54, 1.807) is 6.20 Å². The first-order chi connectivity index (χ1) is 11.7. The Morgan fingerprint density at radius 1 is 1.04 bits per heavy atom. The number of nitrogens with zero attached hydrogens (tertiary/aromatic N) is 3. The van der Waals surface area contributed by atoms with E-state index in [0.29, 0.717) is 18.8 Å². The molecule has 5 nitrogen and oxygen atoms in total. The lowest BCUT2D eigenvalue weighted by Crippen LogP contribution is -2.49. The summed E-state index contributed by atoms with van der Waals surface area (Å²) in [7, 11) is 0. The minimum atomic E-state index is 0.0874. The van der Waals surface area contributed by atoms with Crippen molar-refractivity contribution in [3.8, 4) is 0 Å². The maximum absolute atomic E-state index is 12.9. The van der Waals surface area contributed by atoms with Crippen LogP contribution in [0.1, 0.15) is 16.1 Å². The Hall–Kier alpha value is -2.82. The third-order valence-electron chi connectivity index (χ3n) is 4.72. The van der Waals surface area contributed by atoms with Crippen molar-refractivity contribution in [1.29, 1.82) is 0 Å². The van der Waals surface area contributed by atoms with Gasteiger partial charge in [0, 0.05) is 43.3 Å². The molecule has 1 fully saturated rings. The van der Waals surface area contributed by atoms with E-state index in [-0.39, 0.29) is 5.91 Å². The average molecular weight is 320 g/mol. The minimum absolute atomic E-state index is 0.0874. The van der Waals surface area contributed by atoms with Gasteiger partial charge in [0.05, 0.1) is 0 Å². The number of H-pyrrole nitrogens is 1. The lowest BCUT2D eigenvalue weighted by Gasteiger charge is -2.35. The molecule has 1 amide bonds. The Kier molecular flexibility index (Phi) is 3.69. The van der Waals surface area contributed by atoms with Gasteiger partial charge in [0.2, 0.25) is 0 Å². The van der Waals surface area contributed by atoms with Crippen LogP contribution in [0.2, 0.25) is 0 Å². The van der Waals surface area contributed by atoms with E-state index in [9.17, 15) is 4.79 Å². The van der Waals surface area contributed by atoms with Crippen molar-refractivity contribution in [2.45, 2.75) is 6.92 Å². The van der Waals surface area contributed by atoms with E-state index in [1.807, 2.05) is 48.2 Å². The van der Waals surface area contributed by atoms with Crippen molar-refractivity contribution in [1.82, 2.24) is 14.9 Å². The number of amides is 1. The molecule has 1 N–H and O–H groups in total. The van der Waals surface area contributed by atoms with Gasteiger partial charge in [-0.1, -0.05) is 24.3 Å². The molecule has 1 aliphatic rings. The Morgan fingerprint density at radius 3 is 2.50 bits per heavy atom. The van der Waals surface area contributed by atoms with E-state index in [4.69, 9.17) is 0 Å². The van der Waals surface area contributed by atoms with E-state index >= 15 is 0 Å². The van der Waals surface area contributed by atoms with Gasteiger partial charge in [-0.3, -0.25) is 4.79 Å². The summed E-state index contributed by atoms with van der Waals surface area (Å²) in [4.78, 5) is 24.7. The number of para-hydroxylation sites is 1. The van der Waals surface area contributed by atoms with Crippen LogP contribution in [-0.2, 0) is 0 Å². The van der Waals surface area contributed by atoms with Crippen molar-refractivity contribution >= 4 is 22.6 Å². The van der Waals surface area contributed by atoms with Crippen molar-refractivity contribution in [2.75, 3.05) is 31.1 Å². The Labute approximate surface area is 140 Å². The fourth-order valence-corrected chi connectivity index (χ4v) is 3.33. The van der Waals surface area contributed by atoms with Crippen molar-refractivity contribution in [3.63, 3.8) is 0 Å². The summed E-state index contributed by atoms with van der Waals surface area (Å²) in [6, 6.07) is 14.0. The maximum Gasteiger partial charge on any atom is 0.270 e. The van der Waals surface area contributed by atoms with Crippen LogP contribution in [0.5, 0.6) is 0 Å². The number of carbonyl (C=O) groups is 1. The summed E-state index contributed by atoms with van der Waals surface area (Å²) in [5.41, 5.74) is 2.76. The SMILES string of the molecule is Cc1c(C(=O)N2CCN(c3ccccn3)CC2)[nH]c2ccccc12. The first-order valence-electron chi connectivity index (χ1n) is 8.26. The second kappa shape index (κ2) is 6.00. The van der Waals surface area contributed by atoms with Gasteiger partial charge in [-0.15, -0.1) is 0 Å². The third kappa shape index (κ3) is 2.52. The first-order valence-corrected chi connectivity index (χ1v) is 8.26. The van der Waals surface area contributed by atoms with Gasteiger partial charge in [0.25, 0.3) is 5.91 Å². The topological polar surface area (TPSA) is 52.2 Å². The van der Waals surface area contributed by atoms with Gasteiger partial charge in [-0.05, 0) is 30.7 Å². The number of benzene rings is 1. The molecular weight excluding hydrogens is 300 g/mol. The first kappa shape index (κ1) is 14.8. The van der Waals surface area contributed by atoms with E-state index in [2.05, 4.69) is 20.9 Å². The average Bonchev–Trinajstić information content (AvgIpc) is 2.99. The number of rotatable bonds is 2. The van der Waals surface area contributed by atoms with E-state index in [1.165, 1.54) is 0 Å². The molecule has 1 saturated heterocycles. The zero-order chi connectivity index (χ0) is 16.5. The minimum Gasteiger partial charge on any atom is -0.353 e. The standard InChI is InChI=1S/C19H20N4O/c1-14-15-6-2-3-7-16(15)21-18(14)19(24)23-12-10-22(11-13-23)17-8-4-5-9-20-17/h2-9,21H,10-13H2,1H3. The van der Waals surface area contributed by atoms with Crippen molar-refractivity contribution < 1.29 is 4.79 Å². The normalized spacial score (nSPS) is 15.0. The number of carbonyl (C=O) groups excluding carboxylic acids is 1. The molecule has 0 radical (unpaired) electrons. The summed E-state index contributed by atoms with van der Waals surface area (Å²) < 4.78 is 0.